The summed E-state index contributed by atoms with van der Waals surface area (Å²) >= 11 is 3.46. The van der Waals surface area contributed by atoms with E-state index >= 15 is 0 Å². The molecule has 0 heterocycles. The molecular formula is C14H17BrO3. The molecule has 0 N–H and O–H groups in total. The Kier molecular flexibility index (Phi) is 3.95. The molecule has 1 aliphatic carbocycles. The minimum absolute atomic E-state index is 0.101. The number of hydrogen-bond acceptors (Lipinski definition) is 3. The molecular weight excluding hydrogens is 296 g/mol. The lowest BCUT2D eigenvalue weighted by atomic mass is 9.65. The van der Waals surface area contributed by atoms with Crippen LogP contribution in [0.25, 0.3) is 0 Å². The Morgan fingerprint density at radius 2 is 2.11 bits per heavy atom. The molecule has 0 atom stereocenters. The summed E-state index contributed by atoms with van der Waals surface area (Å²) in [5.74, 6) is 0.726. The van der Waals surface area contributed by atoms with Crippen molar-refractivity contribution in [1.82, 2.24) is 0 Å². The Hall–Kier alpha value is -1.03. The highest BCUT2D eigenvalue weighted by Gasteiger charge is 2.45. The molecule has 0 spiro atoms. The zero-order valence-corrected chi connectivity index (χ0v) is 12.2. The maximum absolute atomic E-state index is 11.9. The average molecular weight is 313 g/mol. The summed E-state index contributed by atoms with van der Waals surface area (Å²) in [5, 5.41) is 0. The highest BCUT2D eigenvalue weighted by atomic mass is 79.9. The van der Waals surface area contributed by atoms with Crippen LogP contribution < -0.4 is 4.74 Å². The van der Waals surface area contributed by atoms with Crippen molar-refractivity contribution in [3.63, 3.8) is 0 Å². The minimum Gasteiger partial charge on any atom is -0.496 e. The van der Waals surface area contributed by atoms with E-state index in [9.17, 15) is 4.79 Å². The quantitative estimate of drug-likeness (QED) is 0.800. The second kappa shape index (κ2) is 5.31. The van der Waals surface area contributed by atoms with Gasteiger partial charge in [-0.3, -0.25) is 4.79 Å². The van der Waals surface area contributed by atoms with Gasteiger partial charge in [0.1, 0.15) is 5.75 Å². The van der Waals surface area contributed by atoms with Crippen LogP contribution in [0, 0.1) is 5.41 Å². The van der Waals surface area contributed by atoms with E-state index in [1.54, 1.807) is 7.11 Å². The molecule has 1 aromatic rings. The van der Waals surface area contributed by atoms with Crippen molar-refractivity contribution in [2.75, 3.05) is 14.2 Å². The zero-order valence-electron chi connectivity index (χ0n) is 10.7. The Labute approximate surface area is 116 Å². The number of rotatable bonds is 4. The second-order valence-electron chi connectivity index (χ2n) is 4.76. The van der Waals surface area contributed by atoms with Crippen LogP contribution in [0.4, 0.5) is 0 Å². The van der Waals surface area contributed by atoms with Crippen molar-refractivity contribution in [2.24, 2.45) is 5.41 Å². The third kappa shape index (κ3) is 2.39. The van der Waals surface area contributed by atoms with E-state index in [2.05, 4.69) is 15.9 Å². The summed E-state index contributed by atoms with van der Waals surface area (Å²) in [4.78, 5) is 11.9. The summed E-state index contributed by atoms with van der Waals surface area (Å²) in [5.41, 5.74) is 0.708. The van der Waals surface area contributed by atoms with Gasteiger partial charge in [0, 0.05) is 4.47 Å². The fraction of sp³-hybridized carbons (Fsp3) is 0.500. The van der Waals surface area contributed by atoms with Gasteiger partial charge in [0.25, 0.3) is 0 Å². The van der Waals surface area contributed by atoms with Gasteiger partial charge in [-0.05, 0) is 43.0 Å². The molecule has 1 aliphatic rings. The SMILES string of the molecule is COC(=O)C1(Cc2cc(Br)ccc2OC)CCC1. The predicted molar refractivity (Wildman–Crippen MR) is 72.7 cm³/mol. The molecule has 0 amide bonds. The van der Waals surface area contributed by atoms with E-state index in [1.165, 1.54) is 7.11 Å². The lowest BCUT2D eigenvalue weighted by molar-refractivity contribution is -0.158. The number of benzene rings is 1. The van der Waals surface area contributed by atoms with Crippen LogP contribution in [-0.2, 0) is 16.0 Å². The summed E-state index contributed by atoms with van der Waals surface area (Å²) < 4.78 is 11.3. The Bertz CT molecular complexity index is 452. The van der Waals surface area contributed by atoms with Gasteiger partial charge in [0.15, 0.2) is 0 Å². The van der Waals surface area contributed by atoms with Crippen LogP contribution in [-0.4, -0.2) is 20.2 Å². The van der Waals surface area contributed by atoms with Crippen LogP contribution in [0.2, 0.25) is 0 Å². The Morgan fingerprint density at radius 1 is 1.39 bits per heavy atom. The molecule has 98 valence electrons. The molecule has 4 heteroatoms. The number of hydrogen-bond donors (Lipinski definition) is 0. The number of halogens is 1. The predicted octanol–water partition coefficient (Wildman–Crippen LogP) is 3.34. The van der Waals surface area contributed by atoms with Crippen LogP contribution in [0.5, 0.6) is 5.75 Å². The van der Waals surface area contributed by atoms with Crippen LogP contribution in [0.3, 0.4) is 0 Å². The molecule has 3 nitrogen and oxygen atoms in total. The maximum atomic E-state index is 11.9. The Balaban J connectivity index is 2.27. The summed E-state index contributed by atoms with van der Waals surface area (Å²) in [6, 6.07) is 5.87. The van der Waals surface area contributed by atoms with E-state index in [0.717, 1.165) is 35.0 Å². The molecule has 1 fully saturated rings. The van der Waals surface area contributed by atoms with Gasteiger partial charge >= 0.3 is 5.97 Å². The highest BCUT2D eigenvalue weighted by Crippen LogP contribution is 2.46. The summed E-state index contributed by atoms with van der Waals surface area (Å²) in [6.45, 7) is 0. The molecule has 18 heavy (non-hydrogen) atoms. The molecule has 0 radical (unpaired) electrons. The first-order valence-corrected chi connectivity index (χ1v) is 6.81. The molecule has 2 rings (SSSR count). The van der Waals surface area contributed by atoms with Crippen molar-refractivity contribution < 1.29 is 14.3 Å². The van der Waals surface area contributed by atoms with Gasteiger partial charge in [0.2, 0.25) is 0 Å². The van der Waals surface area contributed by atoms with Gasteiger partial charge in [-0.25, -0.2) is 0 Å². The second-order valence-corrected chi connectivity index (χ2v) is 5.67. The summed E-state index contributed by atoms with van der Waals surface area (Å²) in [6.07, 6.45) is 3.57. The van der Waals surface area contributed by atoms with Gasteiger partial charge in [-0.1, -0.05) is 22.4 Å². The molecule has 0 bridgehead atoms. The molecule has 0 aliphatic heterocycles. The van der Waals surface area contributed by atoms with Crippen molar-refractivity contribution in [3.05, 3.63) is 28.2 Å². The average Bonchev–Trinajstić information content (AvgIpc) is 2.33. The topological polar surface area (TPSA) is 35.5 Å². The molecule has 0 aromatic heterocycles. The first kappa shape index (κ1) is 13.4. The lowest BCUT2D eigenvalue weighted by Crippen LogP contribution is -2.40. The molecule has 0 saturated heterocycles. The Morgan fingerprint density at radius 3 is 2.61 bits per heavy atom. The van der Waals surface area contributed by atoms with Crippen molar-refractivity contribution >= 4 is 21.9 Å². The smallest absolute Gasteiger partial charge is 0.312 e. The lowest BCUT2D eigenvalue weighted by Gasteiger charge is -2.39. The van der Waals surface area contributed by atoms with E-state index in [1.807, 2.05) is 18.2 Å². The molecule has 1 saturated carbocycles. The third-order valence-electron chi connectivity index (χ3n) is 3.70. The molecule has 0 unspecified atom stereocenters. The highest BCUT2D eigenvalue weighted by molar-refractivity contribution is 9.10. The maximum Gasteiger partial charge on any atom is 0.312 e. The van der Waals surface area contributed by atoms with E-state index in [0.29, 0.717) is 6.42 Å². The van der Waals surface area contributed by atoms with Crippen molar-refractivity contribution in [1.29, 1.82) is 0 Å². The summed E-state index contributed by atoms with van der Waals surface area (Å²) in [7, 11) is 3.11. The van der Waals surface area contributed by atoms with Crippen molar-refractivity contribution in [3.8, 4) is 5.75 Å². The first-order valence-electron chi connectivity index (χ1n) is 6.02. The monoisotopic (exact) mass is 312 g/mol. The third-order valence-corrected chi connectivity index (χ3v) is 4.19. The van der Waals surface area contributed by atoms with Gasteiger partial charge in [-0.2, -0.15) is 0 Å². The standard InChI is InChI=1S/C14H17BrO3/c1-17-12-5-4-11(15)8-10(12)9-14(6-3-7-14)13(16)18-2/h4-5,8H,3,6-7,9H2,1-2H3. The van der Waals surface area contributed by atoms with Crippen LogP contribution >= 0.6 is 15.9 Å². The fourth-order valence-corrected chi connectivity index (χ4v) is 2.93. The van der Waals surface area contributed by atoms with E-state index < -0.39 is 0 Å². The number of carbonyl (C=O) groups is 1. The van der Waals surface area contributed by atoms with Gasteiger partial charge in [-0.15, -0.1) is 0 Å². The van der Waals surface area contributed by atoms with Crippen LogP contribution in [0.1, 0.15) is 24.8 Å². The first-order chi connectivity index (χ1) is 8.61. The fourth-order valence-electron chi connectivity index (χ4n) is 2.52. The largest absolute Gasteiger partial charge is 0.496 e. The van der Waals surface area contributed by atoms with Crippen molar-refractivity contribution in [2.45, 2.75) is 25.7 Å². The number of esters is 1. The van der Waals surface area contributed by atoms with Gasteiger partial charge < -0.3 is 9.47 Å². The number of methoxy groups -OCH3 is 2. The van der Waals surface area contributed by atoms with Gasteiger partial charge in [0.05, 0.1) is 19.6 Å². The van der Waals surface area contributed by atoms with E-state index in [4.69, 9.17) is 9.47 Å². The van der Waals surface area contributed by atoms with Crippen LogP contribution in [0.15, 0.2) is 22.7 Å². The normalized spacial score (nSPS) is 16.8. The zero-order chi connectivity index (χ0) is 13.2. The number of ether oxygens (including phenoxy) is 2. The number of carbonyl (C=O) groups excluding carboxylic acids is 1. The molecule has 1 aromatic carbocycles. The minimum atomic E-state index is -0.344. The van der Waals surface area contributed by atoms with E-state index in [-0.39, 0.29) is 11.4 Å².